The van der Waals surface area contributed by atoms with Crippen molar-refractivity contribution in [2.45, 2.75) is 6.92 Å². The number of aromatic amines is 1. The van der Waals surface area contributed by atoms with Crippen molar-refractivity contribution in [2.24, 2.45) is 0 Å². The van der Waals surface area contributed by atoms with Crippen molar-refractivity contribution >= 4 is 0 Å². The molecule has 98 valence electrons. The summed E-state index contributed by atoms with van der Waals surface area (Å²) >= 11 is 0. The van der Waals surface area contributed by atoms with E-state index in [1.807, 2.05) is 43.3 Å². The van der Waals surface area contributed by atoms with Crippen LogP contribution < -0.4 is 5.56 Å². The molecule has 1 N–H and O–H groups in total. The van der Waals surface area contributed by atoms with Crippen LogP contribution in [0.25, 0.3) is 22.6 Å². The highest BCUT2D eigenvalue weighted by Crippen LogP contribution is 2.19. The molecule has 0 spiro atoms. The normalized spacial score (nSPS) is 10.4. The summed E-state index contributed by atoms with van der Waals surface area (Å²) in [5, 5.41) is 0. The molecule has 0 fully saturated rings. The number of nitrogens with one attached hydrogen (secondary N) is 1. The van der Waals surface area contributed by atoms with E-state index in [9.17, 15) is 4.79 Å². The lowest BCUT2D eigenvalue weighted by atomic mass is 10.1. The van der Waals surface area contributed by atoms with Crippen LogP contribution in [-0.4, -0.2) is 15.0 Å². The van der Waals surface area contributed by atoms with Gasteiger partial charge in [-0.2, -0.15) is 4.98 Å². The molecule has 3 rings (SSSR count). The van der Waals surface area contributed by atoms with Gasteiger partial charge in [0.05, 0.1) is 5.69 Å². The summed E-state index contributed by atoms with van der Waals surface area (Å²) in [5.41, 5.74) is 3.42. The van der Waals surface area contributed by atoms with Gasteiger partial charge in [-0.25, -0.2) is 0 Å². The third-order valence-corrected chi connectivity index (χ3v) is 3.03. The summed E-state index contributed by atoms with van der Waals surface area (Å²) in [5.74, 6) is 0.577. The fourth-order valence-electron chi connectivity index (χ4n) is 2.07. The number of nitrogens with zero attached hydrogens (tertiary/aromatic N) is 2. The topological polar surface area (TPSA) is 58.6 Å². The molecule has 0 saturated carbocycles. The van der Waals surface area contributed by atoms with Crippen LogP contribution in [0.4, 0.5) is 0 Å². The van der Waals surface area contributed by atoms with E-state index in [4.69, 9.17) is 0 Å². The number of H-pyrrole nitrogens is 1. The maximum absolute atomic E-state index is 11.8. The molecule has 2 heterocycles. The number of hydrogen-bond donors (Lipinski definition) is 1. The van der Waals surface area contributed by atoms with Gasteiger partial charge in [-0.3, -0.25) is 9.78 Å². The van der Waals surface area contributed by atoms with Crippen molar-refractivity contribution in [1.82, 2.24) is 15.0 Å². The van der Waals surface area contributed by atoms with Gasteiger partial charge >= 0.3 is 0 Å². The summed E-state index contributed by atoms with van der Waals surface area (Å²) in [7, 11) is 0. The van der Waals surface area contributed by atoms with Crippen molar-refractivity contribution < 1.29 is 0 Å². The highest BCUT2D eigenvalue weighted by molar-refractivity contribution is 5.63. The van der Waals surface area contributed by atoms with Crippen LogP contribution in [0.3, 0.4) is 0 Å². The first-order valence-electron chi connectivity index (χ1n) is 6.31. The molecule has 4 nitrogen and oxygen atoms in total. The molecule has 0 radical (unpaired) electrons. The molecule has 0 saturated heterocycles. The van der Waals surface area contributed by atoms with E-state index >= 15 is 0 Å². The standard InChI is InChI=1S/C16H13N3O/c1-11-3-2-4-13(9-11)16-18-14(10-15(20)19-16)12-5-7-17-8-6-12/h2-10H,1H3,(H,18,19,20). The van der Waals surface area contributed by atoms with Crippen LogP contribution in [0, 0.1) is 6.92 Å². The van der Waals surface area contributed by atoms with Crippen LogP contribution in [0.1, 0.15) is 5.56 Å². The van der Waals surface area contributed by atoms with Gasteiger partial charge < -0.3 is 4.98 Å². The second-order valence-electron chi connectivity index (χ2n) is 4.59. The third kappa shape index (κ3) is 2.49. The van der Waals surface area contributed by atoms with Crippen LogP contribution in [-0.2, 0) is 0 Å². The fraction of sp³-hybridized carbons (Fsp3) is 0.0625. The summed E-state index contributed by atoms with van der Waals surface area (Å²) in [6.07, 6.45) is 3.39. The highest BCUT2D eigenvalue weighted by atomic mass is 16.1. The zero-order chi connectivity index (χ0) is 13.9. The number of hydrogen-bond acceptors (Lipinski definition) is 3. The summed E-state index contributed by atoms with van der Waals surface area (Å²) < 4.78 is 0. The monoisotopic (exact) mass is 263 g/mol. The quantitative estimate of drug-likeness (QED) is 0.773. The first-order valence-corrected chi connectivity index (χ1v) is 6.31. The molecular weight excluding hydrogens is 250 g/mol. The Balaban J connectivity index is 2.15. The molecule has 0 atom stereocenters. The van der Waals surface area contributed by atoms with Crippen LogP contribution >= 0.6 is 0 Å². The first kappa shape index (κ1) is 12.3. The van der Waals surface area contributed by atoms with Gasteiger partial charge in [0, 0.05) is 29.6 Å². The molecule has 4 heteroatoms. The van der Waals surface area contributed by atoms with E-state index in [0.717, 1.165) is 22.4 Å². The van der Waals surface area contributed by atoms with Gasteiger partial charge in [-0.15, -0.1) is 0 Å². The van der Waals surface area contributed by atoms with Crippen molar-refractivity contribution in [1.29, 1.82) is 0 Å². The van der Waals surface area contributed by atoms with Crippen LogP contribution in [0.2, 0.25) is 0 Å². The molecule has 0 bridgehead atoms. The SMILES string of the molecule is Cc1cccc(-c2nc(=O)cc(-c3ccncc3)[nH]2)c1. The molecule has 3 aromatic rings. The predicted octanol–water partition coefficient (Wildman–Crippen LogP) is 2.81. The Morgan fingerprint density at radius 1 is 1.00 bits per heavy atom. The molecule has 0 aliphatic heterocycles. The summed E-state index contributed by atoms with van der Waals surface area (Å²) in [4.78, 5) is 23.0. The number of pyridine rings is 1. The number of aromatic nitrogens is 3. The predicted molar refractivity (Wildman–Crippen MR) is 78.3 cm³/mol. The number of rotatable bonds is 2. The lowest BCUT2D eigenvalue weighted by Gasteiger charge is -2.06. The Hall–Kier alpha value is -2.75. The second kappa shape index (κ2) is 5.09. The van der Waals surface area contributed by atoms with Gasteiger partial charge in [-0.1, -0.05) is 23.8 Å². The zero-order valence-corrected chi connectivity index (χ0v) is 11.0. The fourth-order valence-corrected chi connectivity index (χ4v) is 2.07. The molecule has 0 aliphatic rings. The minimum Gasteiger partial charge on any atom is -0.339 e. The van der Waals surface area contributed by atoms with Gasteiger partial charge in [0.1, 0.15) is 5.82 Å². The Morgan fingerprint density at radius 2 is 1.80 bits per heavy atom. The number of benzene rings is 1. The molecular formula is C16H13N3O. The smallest absolute Gasteiger partial charge is 0.273 e. The van der Waals surface area contributed by atoms with Crippen LogP contribution in [0.15, 0.2) is 59.7 Å². The maximum Gasteiger partial charge on any atom is 0.273 e. The summed E-state index contributed by atoms with van der Waals surface area (Å²) in [6, 6.07) is 13.1. The summed E-state index contributed by atoms with van der Waals surface area (Å²) in [6.45, 7) is 2.01. The van der Waals surface area contributed by atoms with E-state index in [0.29, 0.717) is 5.82 Å². The van der Waals surface area contributed by atoms with E-state index in [2.05, 4.69) is 15.0 Å². The van der Waals surface area contributed by atoms with E-state index in [1.54, 1.807) is 12.4 Å². The largest absolute Gasteiger partial charge is 0.339 e. The van der Waals surface area contributed by atoms with Gasteiger partial charge in [-0.05, 0) is 25.1 Å². The molecule has 2 aromatic heterocycles. The molecule has 0 amide bonds. The Labute approximate surface area is 116 Å². The average molecular weight is 263 g/mol. The lowest BCUT2D eigenvalue weighted by Crippen LogP contribution is -2.08. The molecule has 0 aliphatic carbocycles. The van der Waals surface area contributed by atoms with E-state index < -0.39 is 0 Å². The number of aryl methyl sites for hydroxylation is 1. The van der Waals surface area contributed by atoms with E-state index in [-0.39, 0.29) is 5.56 Å². The highest BCUT2D eigenvalue weighted by Gasteiger charge is 2.05. The van der Waals surface area contributed by atoms with Crippen molar-refractivity contribution in [2.75, 3.05) is 0 Å². The van der Waals surface area contributed by atoms with Crippen molar-refractivity contribution in [3.63, 3.8) is 0 Å². The molecule has 20 heavy (non-hydrogen) atoms. The Bertz CT molecular complexity index is 794. The minimum absolute atomic E-state index is 0.257. The van der Waals surface area contributed by atoms with Crippen molar-refractivity contribution in [3.8, 4) is 22.6 Å². The zero-order valence-electron chi connectivity index (χ0n) is 11.0. The maximum atomic E-state index is 11.8. The first-order chi connectivity index (χ1) is 9.72. The van der Waals surface area contributed by atoms with Gasteiger partial charge in [0.2, 0.25) is 0 Å². The second-order valence-corrected chi connectivity index (χ2v) is 4.59. The van der Waals surface area contributed by atoms with Crippen LogP contribution in [0.5, 0.6) is 0 Å². The lowest BCUT2D eigenvalue weighted by molar-refractivity contribution is 1.13. The molecule has 0 unspecified atom stereocenters. The van der Waals surface area contributed by atoms with Crippen molar-refractivity contribution in [3.05, 3.63) is 70.8 Å². The molecule has 1 aromatic carbocycles. The Kier molecular flexibility index (Phi) is 3.13. The third-order valence-electron chi connectivity index (χ3n) is 3.03. The Morgan fingerprint density at radius 3 is 2.55 bits per heavy atom. The minimum atomic E-state index is -0.257. The van der Waals surface area contributed by atoms with E-state index in [1.165, 1.54) is 6.07 Å². The average Bonchev–Trinajstić information content (AvgIpc) is 2.47. The van der Waals surface area contributed by atoms with Gasteiger partial charge in [0.25, 0.3) is 5.56 Å². The van der Waals surface area contributed by atoms with Gasteiger partial charge in [0.15, 0.2) is 0 Å².